The zero-order valence-corrected chi connectivity index (χ0v) is 23.2. The van der Waals surface area contributed by atoms with E-state index in [1.54, 1.807) is 6.20 Å². The number of likely N-dealkylation sites (tertiary alicyclic amines) is 1. The van der Waals surface area contributed by atoms with Crippen LogP contribution in [0.5, 0.6) is 0 Å². The summed E-state index contributed by atoms with van der Waals surface area (Å²) in [5.41, 5.74) is 3.18. The van der Waals surface area contributed by atoms with Crippen molar-refractivity contribution in [2.45, 2.75) is 51.6 Å². The van der Waals surface area contributed by atoms with E-state index in [1.807, 2.05) is 30.3 Å². The summed E-state index contributed by atoms with van der Waals surface area (Å²) in [6.45, 7) is 11.9. The Morgan fingerprint density at radius 3 is 2.64 bits per heavy atom. The zero-order valence-electron chi connectivity index (χ0n) is 23.2. The van der Waals surface area contributed by atoms with Crippen LogP contribution in [0.2, 0.25) is 0 Å². The fourth-order valence-electron chi connectivity index (χ4n) is 6.28. The van der Waals surface area contributed by atoms with Crippen LogP contribution in [-0.4, -0.2) is 89.1 Å². The summed E-state index contributed by atoms with van der Waals surface area (Å²) in [4.78, 5) is 33.2. The number of H-pyrrole nitrogens is 1. The summed E-state index contributed by atoms with van der Waals surface area (Å²) in [6, 6.07) is 10.3. The number of carbonyl (C=O) groups is 1. The molecule has 9 heteroatoms. The minimum Gasteiger partial charge on any atom is -0.354 e. The molecule has 3 saturated heterocycles. The van der Waals surface area contributed by atoms with Gasteiger partial charge in [-0.1, -0.05) is 0 Å². The number of rotatable bonds is 8. The van der Waals surface area contributed by atoms with E-state index < -0.39 is 0 Å². The van der Waals surface area contributed by atoms with Crippen molar-refractivity contribution in [1.82, 2.24) is 30.1 Å². The number of fused-ring (bicyclic) bond motifs is 1. The van der Waals surface area contributed by atoms with Gasteiger partial charge in [0.1, 0.15) is 11.6 Å². The quantitative estimate of drug-likeness (QED) is 0.409. The largest absolute Gasteiger partial charge is 0.354 e. The summed E-state index contributed by atoms with van der Waals surface area (Å²) in [5.74, 6) is 2.65. The number of amides is 1. The van der Waals surface area contributed by atoms with Gasteiger partial charge >= 0.3 is 0 Å². The summed E-state index contributed by atoms with van der Waals surface area (Å²) in [5, 5.41) is 6.48. The van der Waals surface area contributed by atoms with Gasteiger partial charge in [-0.2, -0.15) is 0 Å². The first kappa shape index (κ1) is 26.2. The number of piperidine rings is 1. The lowest BCUT2D eigenvalue weighted by Gasteiger charge is -2.36. The van der Waals surface area contributed by atoms with Crippen molar-refractivity contribution in [1.29, 1.82) is 0 Å². The van der Waals surface area contributed by atoms with Gasteiger partial charge in [0.15, 0.2) is 0 Å². The van der Waals surface area contributed by atoms with Gasteiger partial charge in [-0.25, -0.2) is 9.97 Å². The van der Waals surface area contributed by atoms with Crippen LogP contribution >= 0.6 is 0 Å². The molecule has 39 heavy (non-hydrogen) atoms. The number of aromatic amines is 1. The molecule has 0 radical (unpaired) electrons. The number of nitrogens with zero attached hydrogens (tertiary/aromatic N) is 5. The maximum absolute atomic E-state index is 12.9. The predicted molar refractivity (Wildman–Crippen MR) is 156 cm³/mol. The Bertz CT molecular complexity index is 1240. The van der Waals surface area contributed by atoms with Gasteiger partial charge in [0, 0.05) is 44.1 Å². The van der Waals surface area contributed by atoms with Crippen LogP contribution in [0.3, 0.4) is 0 Å². The molecule has 208 valence electrons. The van der Waals surface area contributed by atoms with Gasteiger partial charge in [-0.05, 0) is 101 Å². The highest BCUT2D eigenvalue weighted by Crippen LogP contribution is 2.23. The average Bonchev–Trinajstić information content (AvgIpc) is 3.57. The molecule has 3 aliphatic heterocycles. The van der Waals surface area contributed by atoms with Gasteiger partial charge in [-0.15, -0.1) is 0 Å². The van der Waals surface area contributed by atoms with E-state index >= 15 is 0 Å². The summed E-state index contributed by atoms with van der Waals surface area (Å²) >= 11 is 0. The highest BCUT2D eigenvalue weighted by atomic mass is 16.1. The number of benzene rings is 1. The lowest BCUT2D eigenvalue weighted by molar-refractivity contribution is 0.102. The molecule has 3 aromatic rings. The second-order valence-corrected chi connectivity index (χ2v) is 11.5. The van der Waals surface area contributed by atoms with Crippen molar-refractivity contribution in [2.24, 2.45) is 5.92 Å². The normalized spacial score (nSPS) is 21.6. The first-order valence-corrected chi connectivity index (χ1v) is 14.8. The molecule has 3 N–H and O–H groups in total. The molecule has 0 spiro atoms. The van der Waals surface area contributed by atoms with E-state index in [4.69, 9.17) is 4.98 Å². The van der Waals surface area contributed by atoms with Crippen LogP contribution in [0.25, 0.3) is 11.0 Å². The smallest absolute Gasteiger partial charge is 0.257 e. The second kappa shape index (κ2) is 12.0. The van der Waals surface area contributed by atoms with Crippen molar-refractivity contribution in [3.05, 3.63) is 47.9 Å². The van der Waals surface area contributed by atoms with E-state index in [9.17, 15) is 4.79 Å². The molecule has 9 nitrogen and oxygen atoms in total. The Morgan fingerprint density at radius 1 is 1.05 bits per heavy atom. The minimum absolute atomic E-state index is 0.151. The molecule has 2 aromatic heterocycles. The molecule has 1 aromatic carbocycles. The Labute approximate surface area is 231 Å². The number of carbonyl (C=O) groups excluding carboxylic acids is 1. The number of hydrogen-bond donors (Lipinski definition) is 3. The molecule has 3 aliphatic rings. The molecule has 0 unspecified atom stereocenters. The monoisotopic (exact) mass is 530 g/mol. The van der Waals surface area contributed by atoms with Crippen molar-refractivity contribution in [2.75, 3.05) is 62.6 Å². The van der Waals surface area contributed by atoms with Gasteiger partial charge in [-0.3, -0.25) is 14.6 Å². The fourth-order valence-corrected chi connectivity index (χ4v) is 6.28. The molecule has 0 aliphatic carbocycles. The van der Waals surface area contributed by atoms with Gasteiger partial charge in [0.2, 0.25) is 0 Å². The van der Waals surface area contributed by atoms with Crippen LogP contribution in [0, 0.1) is 5.92 Å². The lowest BCUT2D eigenvalue weighted by Crippen LogP contribution is -2.47. The van der Waals surface area contributed by atoms with Crippen molar-refractivity contribution in [3.63, 3.8) is 0 Å². The van der Waals surface area contributed by atoms with E-state index in [0.717, 1.165) is 73.5 Å². The van der Waals surface area contributed by atoms with Crippen molar-refractivity contribution >= 4 is 28.4 Å². The lowest BCUT2D eigenvalue weighted by atomic mass is 9.94. The Hall–Kier alpha value is -3.01. The number of pyridine rings is 1. The molecular formula is C30H42N8O. The number of hydrogen-bond acceptors (Lipinski definition) is 7. The van der Waals surface area contributed by atoms with E-state index in [0.29, 0.717) is 11.6 Å². The maximum Gasteiger partial charge on any atom is 0.257 e. The Kier molecular flexibility index (Phi) is 8.08. The zero-order chi connectivity index (χ0) is 26.6. The second-order valence-electron chi connectivity index (χ2n) is 11.5. The van der Waals surface area contributed by atoms with Crippen LogP contribution in [0.15, 0.2) is 36.5 Å². The SMILES string of the molecule is C[C@H]1CCCN1Cc1nc2ccc(NC(=O)c3ccc(N4CCN(CCC5CCNCC5)CC4)nc3)cc2[nH]1. The third kappa shape index (κ3) is 6.42. The number of piperazine rings is 1. The maximum atomic E-state index is 12.9. The molecule has 3 fully saturated rings. The number of anilines is 2. The van der Waals surface area contributed by atoms with Crippen molar-refractivity contribution < 1.29 is 4.79 Å². The summed E-state index contributed by atoms with van der Waals surface area (Å²) in [6.07, 6.45) is 8.15. The molecule has 1 amide bonds. The third-order valence-corrected chi connectivity index (χ3v) is 8.85. The highest BCUT2D eigenvalue weighted by Gasteiger charge is 2.22. The van der Waals surface area contributed by atoms with Crippen LogP contribution in [0.4, 0.5) is 11.5 Å². The fraction of sp³-hybridized carbons (Fsp3) is 0.567. The van der Waals surface area contributed by atoms with E-state index in [2.05, 4.69) is 42.2 Å². The van der Waals surface area contributed by atoms with E-state index in [1.165, 1.54) is 51.7 Å². The molecule has 0 saturated carbocycles. The van der Waals surface area contributed by atoms with Crippen LogP contribution in [-0.2, 0) is 6.54 Å². The third-order valence-electron chi connectivity index (χ3n) is 8.85. The van der Waals surface area contributed by atoms with Crippen LogP contribution < -0.4 is 15.5 Å². The van der Waals surface area contributed by atoms with Crippen molar-refractivity contribution in [3.8, 4) is 0 Å². The molecule has 1 atom stereocenters. The average molecular weight is 531 g/mol. The predicted octanol–water partition coefficient (Wildman–Crippen LogP) is 3.71. The number of imidazole rings is 1. The van der Waals surface area contributed by atoms with Gasteiger partial charge in [0.25, 0.3) is 5.91 Å². The highest BCUT2D eigenvalue weighted by molar-refractivity contribution is 6.04. The minimum atomic E-state index is -0.151. The van der Waals surface area contributed by atoms with Gasteiger partial charge < -0.3 is 20.5 Å². The number of aromatic nitrogens is 3. The molecule has 0 bridgehead atoms. The first-order valence-electron chi connectivity index (χ1n) is 14.8. The molecule has 5 heterocycles. The van der Waals surface area contributed by atoms with E-state index in [-0.39, 0.29) is 5.91 Å². The van der Waals surface area contributed by atoms with Crippen LogP contribution in [0.1, 0.15) is 55.2 Å². The van der Waals surface area contributed by atoms with Gasteiger partial charge in [0.05, 0.1) is 23.1 Å². The molecular weight excluding hydrogens is 488 g/mol. The standard InChI is InChI=1S/C30H42N8O/c1-22-3-2-13-38(22)21-28-34-26-6-5-25(19-27(26)35-28)33-30(39)24-4-7-29(32-20-24)37-17-15-36(16-18-37)14-10-23-8-11-31-12-9-23/h4-7,19-20,22-23,31H,2-3,8-18,21H2,1H3,(H,33,39)(H,34,35)/t22-/m0/s1. The molecule has 6 rings (SSSR count). The Balaban J connectivity index is 0.999. The topological polar surface area (TPSA) is 92.4 Å². The first-order chi connectivity index (χ1) is 19.1. The summed E-state index contributed by atoms with van der Waals surface area (Å²) < 4.78 is 0. The number of nitrogens with one attached hydrogen (secondary N) is 3. The summed E-state index contributed by atoms with van der Waals surface area (Å²) in [7, 11) is 0. The Morgan fingerprint density at radius 2 is 1.90 bits per heavy atom.